The summed E-state index contributed by atoms with van der Waals surface area (Å²) >= 11 is 0. The van der Waals surface area contributed by atoms with Crippen molar-refractivity contribution < 1.29 is 14.7 Å². The second-order valence-electron chi connectivity index (χ2n) is 7.57. The summed E-state index contributed by atoms with van der Waals surface area (Å²) < 4.78 is 0. The summed E-state index contributed by atoms with van der Waals surface area (Å²) in [6.07, 6.45) is 11.1. The molecule has 1 aliphatic heterocycles. The Morgan fingerprint density at radius 3 is 1.81 bits per heavy atom. The number of carbonyl (C=O) groups is 2. The lowest BCUT2D eigenvalue weighted by atomic mass is 9.67. The topological polar surface area (TPSA) is 57.6 Å². The van der Waals surface area contributed by atoms with Gasteiger partial charge >= 0.3 is 0 Å². The standard InChI is InChI=1S/C17H27NO3/c19-14-11-16(7-3-1-4-8-16)12-15(20)18(14)13-17(21)9-5-2-6-10-17/h21H,1-13H2. The third-order valence-corrected chi connectivity index (χ3v) is 5.81. The van der Waals surface area contributed by atoms with Gasteiger partial charge in [0.05, 0.1) is 12.1 Å². The molecule has 1 saturated heterocycles. The van der Waals surface area contributed by atoms with Crippen LogP contribution in [0.25, 0.3) is 0 Å². The third kappa shape index (κ3) is 3.15. The van der Waals surface area contributed by atoms with Crippen LogP contribution < -0.4 is 0 Å². The summed E-state index contributed by atoms with van der Waals surface area (Å²) in [5.41, 5.74) is -0.890. The average Bonchev–Trinajstić information content (AvgIpc) is 2.45. The molecule has 21 heavy (non-hydrogen) atoms. The Morgan fingerprint density at radius 2 is 1.29 bits per heavy atom. The van der Waals surface area contributed by atoms with E-state index in [0.29, 0.717) is 12.8 Å². The molecule has 0 bridgehead atoms. The molecule has 1 spiro atoms. The molecule has 0 atom stereocenters. The van der Waals surface area contributed by atoms with Gasteiger partial charge in [0.25, 0.3) is 0 Å². The number of aliphatic hydroxyl groups is 1. The van der Waals surface area contributed by atoms with Crippen LogP contribution in [0.3, 0.4) is 0 Å². The van der Waals surface area contributed by atoms with E-state index in [9.17, 15) is 14.7 Å². The number of nitrogens with zero attached hydrogens (tertiary/aromatic N) is 1. The van der Waals surface area contributed by atoms with Gasteiger partial charge in [-0.15, -0.1) is 0 Å². The van der Waals surface area contributed by atoms with Gasteiger partial charge in [0.15, 0.2) is 0 Å². The molecule has 2 saturated carbocycles. The van der Waals surface area contributed by atoms with E-state index in [4.69, 9.17) is 0 Å². The summed E-state index contributed by atoms with van der Waals surface area (Å²) in [5.74, 6) is -0.0979. The van der Waals surface area contributed by atoms with Gasteiger partial charge in [0.2, 0.25) is 11.8 Å². The fourth-order valence-corrected chi connectivity index (χ4v) is 4.53. The molecule has 1 heterocycles. The highest BCUT2D eigenvalue weighted by Crippen LogP contribution is 2.45. The van der Waals surface area contributed by atoms with Gasteiger partial charge in [-0.3, -0.25) is 14.5 Å². The summed E-state index contributed by atoms with van der Waals surface area (Å²) in [5, 5.41) is 10.6. The molecular formula is C17H27NO3. The molecule has 118 valence electrons. The largest absolute Gasteiger partial charge is 0.388 e. The maximum Gasteiger partial charge on any atom is 0.229 e. The molecule has 4 nitrogen and oxygen atoms in total. The fraction of sp³-hybridized carbons (Fsp3) is 0.882. The van der Waals surface area contributed by atoms with E-state index in [1.165, 1.54) is 11.3 Å². The Hall–Kier alpha value is -0.900. The summed E-state index contributed by atoms with van der Waals surface area (Å²) in [6.45, 7) is 0.223. The summed E-state index contributed by atoms with van der Waals surface area (Å²) in [4.78, 5) is 26.3. The molecule has 0 aromatic carbocycles. The Labute approximate surface area is 126 Å². The van der Waals surface area contributed by atoms with Crippen LogP contribution in [-0.4, -0.2) is 34.0 Å². The maximum atomic E-state index is 12.5. The second-order valence-corrected chi connectivity index (χ2v) is 7.57. The Balaban J connectivity index is 1.67. The van der Waals surface area contributed by atoms with Crippen molar-refractivity contribution in [3.05, 3.63) is 0 Å². The number of amides is 2. The number of carbonyl (C=O) groups excluding carboxylic acids is 2. The number of hydrogen-bond acceptors (Lipinski definition) is 3. The molecule has 0 unspecified atom stereocenters. The van der Waals surface area contributed by atoms with E-state index in [1.54, 1.807) is 0 Å². The lowest BCUT2D eigenvalue weighted by Gasteiger charge is -2.44. The highest BCUT2D eigenvalue weighted by molar-refractivity contribution is 5.98. The number of β-amino-alcohol motifs (C(OH)–C–C–N with tert-alkyl or cyclic N) is 1. The first-order chi connectivity index (χ1) is 10.0. The number of likely N-dealkylation sites (tertiary alicyclic amines) is 1. The molecule has 3 fully saturated rings. The zero-order valence-electron chi connectivity index (χ0n) is 12.9. The van der Waals surface area contributed by atoms with Crippen LogP contribution >= 0.6 is 0 Å². The van der Waals surface area contributed by atoms with Crippen LogP contribution in [0.1, 0.15) is 77.0 Å². The molecule has 4 heteroatoms. The predicted octanol–water partition coefficient (Wildman–Crippen LogP) is 2.78. The number of piperidine rings is 1. The van der Waals surface area contributed by atoms with E-state index < -0.39 is 5.60 Å². The van der Waals surface area contributed by atoms with E-state index >= 15 is 0 Å². The van der Waals surface area contributed by atoms with Gasteiger partial charge in [-0.25, -0.2) is 0 Å². The quantitative estimate of drug-likeness (QED) is 0.796. The summed E-state index contributed by atoms with van der Waals surface area (Å²) in [6, 6.07) is 0. The maximum absolute atomic E-state index is 12.5. The first kappa shape index (κ1) is 15.0. The van der Waals surface area contributed by atoms with Gasteiger partial charge in [-0.2, -0.15) is 0 Å². The van der Waals surface area contributed by atoms with Crippen molar-refractivity contribution >= 4 is 11.8 Å². The van der Waals surface area contributed by atoms with E-state index in [2.05, 4.69) is 0 Å². The molecule has 3 aliphatic rings. The Morgan fingerprint density at radius 1 is 0.810 bits per heavy atom. The zero-order valence-corrected chi connectivity index (χ0v) is 12.9. The first-order valence-electron chi connectivity index (χ1n) is 8.58. The molecule has 2 aliphatic carbocycles. The summed E-state index contributed by atoms with van der Waals surface area (Å²) in [7, 11) is 0. The van der Waals surface area contributed by atoms with E-state index in [0.717, 1.165) is 57.8 Å². The molecule has 0 radical (unpaired) electrons. The molecule has 1 N–H and O–H groups in total. The van der Waals surface area contributed by atoms with Crippen molar-refractivity contribution in [3.8, 4) is 0 Å². The minimum Gasteiger partial charge on any atom is -0.388 e. The Bertz CT molecular complexity index is 400. The number of imide groups is 1. The van der Waals surface area contributed by atoms with E-state index in [-0.39, 0.29) is 23.8 Å². The van der Waals surface area contributed by atoms with Crippen molar-refractivity contribution in [1.29, 1.82) is 0 Å². The Kier molecular flexibility index (Phi) is 4.08. The lowest BCUT2D eigenvalue weighted by Crippen LogP contribution is -2.54. The normalized spacial score (nSPS) is 28.9. The monoisotopic (exact) mass is 293 g/mol. The molecule has 0 aromatic heterocycles. The predicted molar refractivity (Wildman–Crippen MR) is 79.5 cm³/mol. The molecule has 3 rings (SSSR count). The van der Waals surface area contributed by atoms with Gasteiger partial charge in [-0.05, 0) is 31.1 Å². The SMILES string of the molecule is O=C1CC2(CCCCC2)CC(=O)N1CC1(O)CCCCC1. The van der Waals surface area contributed by atoms with Gasteiger partial charge in [0, 0.05) is 12.8 Å². The number of hydrogen-bond donors (Lipinski definition) is 1. The van der Waals surface area contributed by atoms with Crippen LogP contribution in [0.15, 0.2) is 0 Å². The van der Waals surface area contributed by atoms with Crippen LogP contribution in [0, 0.1) is 5.41 Å². The van der Waals surface area contributed by atoms with Gasteiger partial charge in [0.1, 0.15) is 0 Å². The van der Waals surface area contributed by atoms with Crippen LogP contribution in [0.2, 0.25) is 0 Å². The van der Waals surface area contributed by atoms with Crippen molar-refractivity contribution in [3.63, 3.8) is 0 Å². The highest BCUT2D eigenvalue weighted by Gasteiger charge is 2.46. The third-order valence-electron chi connectivity index (χ3n) is 5.81. The molecular weight excluding hydrogens is 266 g/mol. The average molecular weight is 293 g/mol. The molecule has 2 amide bonds. The van der Waals surface area contributed by atoms with Gasteiger partial charge in [-0.1, -0.05) is 38.5 Å². The highest BCUT2D eigenvalue weighted by atomic mass is 16.3. The first-order valence-corrected chi connectivity index (χ1v) is 8.58. The van der Waals surface area contributed by atoms with Crippen LogP contribution in [0.4, 0.5) is 0 Å². The second kappa shape index (κ2) is 5.71. The van der Waals surface area contributed by atoms with Crippen molar-refractivity contribution in [2.75, 3.05) is 6.54 Å². The van der Waals surface area contributed by atoms with Crippen molar-refractivity contribution in [1.82, 2.24) is 4.90 Å². The zero-order chi connectivity index (χ0) is 14.9. The minimum atomic E-state index is -0.833. The molecule has 0 aromatic rings. The van der Waals surface area contributed by atoms with Gasteiger partial charge < -0.3 is 5.11 Å². The minimum absolute atomic E-state index is 0.0489. The van der Waals surface area contributed by atoms with Crippen molar-refractivity contribution in [2.45, 2.75) is 82.7 Å². The lowest BCUT2D eigenvalue weighted by molar-refractivity contribution is -0.160. The van der Waals surface area contributed by atoms with Crippen LogP contribution in [0.5, 0.6) is 0 Å². The fourth-order valence-electron chi connectivity index (χ4n) is 4.53. The number of rotatable bonds is 2. The van der Waals surface area contributed by atoms with Crippen molar-refractivity contribution in [2.24, 2.45) is 5.41 Å². The van der Waals surface area contributed by atoms with E-state index in [1.807, 2.05) is 0 Å². The van der Waals surface area contributed by atoms with Crippen LogP contribution in [-0.2, 0) is 9.59 Å². The smallest absolute Gasteiger partial charge is 0.229 e.